The monoisotopic (exact) mass is 609 g/mol. The average molecular weight is 610 g/mol. The van der Waals surface area contributed by atoms with Gasteiger partial charge in [-0.1, -0.05) is 68.0 Å². The first-order valence-electron chi connectivity index (χ1n) is 15.5. The first kappa shape index (κ1) is 31.9. The molecule has 4 aliphatic heterocycles. The highest BCUT2D eigenvalue weighted by Crippen LogP contribution is 2.56. The number of likely N-dealkylation sites (tertiary alicyclic amines) is 1. The van der Waals surface area contributed by atoms with Crippen molar-refractivity contribution >= 4 is 23.7 Å². The van der Waals surface area contributed by atoms with E-state index in [0.717, 1.165) is 12.8 Å². The number of carbonyl (C=O) groups excluding carboxylic acids is 4. The predicted octanol–water partition coefficient (Wildman–Crippen LogP) is 1.91. The van der Waals surface area contributed by atoms with E-state index < -0.39 is 59.6 Å². The first-order valence-corrected chi connectivity index (χ1v) is 15.5. The molecule has 1 spiro atoms. The van der Waals surface area contributed by atoms with Crippen LogP contribution in [0.1, 0.15) is 51.2 Å². The highest BCUT2D eigenvalue weighted by Gasteiger charge is 2.74. The molecule has 0 aliphatic carbocycles. The Morgan fingerprint density at radius 2 is 1.91 bits per heavy atom. The summed E-state index contributed by atoms with van der Waals surface area (Å²) in [6.45, 7) is 4.19. The summed E-state index contributed by atoms with van der Waals surface area (Å²) in [6.07, 6.45) is 7.78. The molecule has 4 heterocycles. The number of aliphatic hydroxyl groups is 1. The summed E-state index contributed by atoms with van der Waals surface area (Å²) in [4.78, 5) is 58.9. The lowest BCUT2D eigenvalue weighted by atomic mass is 9.74. The van der Waals surface area contributed by atoms with Gasteiger partial charge in [-0.25, -0.2) is 0 Å². The van der Waals surface area contributed by atoms with Gasteiger partial charge in [-0.05, 0) is 25.3 Å². The molecule has 2 saturated heterocycles. The largest absolute Gasteiger partial charge is 0.455 e. The minimum atomic E-state index is -1.38. The number of allylic oxidation sites excluding steroid dienone is 1. The van der Waals surface area contributed by atoms with Gasteiger partial charge in [-0.2, -0.15) is 0 Å². The number of nitrogens with one attached hydrogen (secondary N) is 1. The molecule has 0 aromatic heterocycles. The lowest BCUT2D eigenvalue weighted by molar-refractivity contribution is -0.162. The maximum absolute atomic E-state index is 14.4. The maximum atomic E-state index is 14.4. The minimum absolute atomic E-state index is 0.0793. The van der Waals surface area contributed by atoms with Crippen LogP contribution in [-0.4, -0.2) is 102 Å². The van der Waals surface area contributed by atoms with E-state index in [9.17, 15) is 24.3 Å². The van der Waals surface area contributed by atoms with Crippen LogP contribution in [0.25, 0.3) is 0 Å². The molecular weight excluding hydrogens is 566 g/mol. The first-order chi connectivity index (χ1) is 21.3. The molecule has 5 bridgehead atoms. The zero-order valence-electron chi connectivity index (χ0n) is 25.6. The number of hydrogen-bond acceptors (Lipinski definition) is 8. The van der Waals surface area contributed by atoms with Gasteiger partial charge in [0.05, 0.1) is 37.3 Å². The van der Waals surface area contributed by atoms with Gasteiger partial charge in [-0.15, -0.1) is 0 Å². The number of rotatable bonds is 8. The smallest absolute Gasteiger partial charge is 0.313 e. The molecule has 44 heavy (non-hydrogen) atoms. The van der Waals surface area contributed by atoms with Crippen molar-refractivity contribution in [1.29, 1.82) is 0 Å². The number of benzene rings is 1. The summed E-state index contributed by atoms with van der Waals surface area (Å²) in [5.74, 6) is -3.67. The quantitative estimate of drug-likeness (QED) is 0.337. The van der Waals surface area contributed by atoms with Crippen LogP contribution >= 0.6 is 0 Å². The third-order valence-corrected chi connectivity index (χ3v) is 9.11. The van der Waals surface area contributed by atoms with Crippen LogP contribution in [0.15, 0.2) is 54.6 Å². The fourth-order valence-corrected chi connectivity index (χ4v) is 6.96. The lowest BCUT2D eigenvalue weighted by Gasteiger charge is -2.37. The molecule has 11 heteroatoms. The second kappa shape index (κ2) is 13.6. The van der Waals surface area contributed by atoms with Gasteiger partial charge in [0, 0.05) is 26.6 Å². The van der Waals surface area contributed by atoms with Crippen LogP contribution in [0.5, 0.6) is 0 Å². The third kappa shape index (κ3) is 5.80. The highest BCUT2D eigenvalue weighted by atomic mass is 16.6. The molecular formula is C33H43N3O8. The van der Waals surface area contributed by atoms with Crippen LogP contribution in [-0.2, 0) is 33.4 Å². The van der Waals surface area contributed by atoms with Crippen molar-refractivity contribution in [3.8, 4) is 0 Å². The zero-order chi connectivity index (χ0) is 31.4. The van der Waals surface area contributed by atoms with Crippen molar-refractivity contribution < 1.29 is 38.5 Å². The number of fused-ring (bicyclic) bond motifs is 2. The predicted molar refractivity (Wildman–Crippen MR) is 160 cm³/mol. The molecule has 3 amide bonds. The molecule has 0 unspecified atom stereocenters. The molecule has 5 rings (SSSR count). The van der Waals surface area contributed by atoms with E-state index in [0.29, 0.717) is 18.5 Å². The van der Waals surface area contributed by atoms with Gasteiger partial charge in [0.1, 0.15) is 23.7 Å². The number of esters is 1. The number of amides is 3. The molecule has 2 fully saturated rings. The number of unbranched alkanes of at least 4 members (excludes halogenated alkanes) is 1. The number of cyclic esters (lactones) is 1. The van der Waals surface area contributed by atoms with E-state index in [1.165, 1.54) is 12.0 Å². The van der Waals surface area contributed by atoms with Gasteiger partial charge < -0.3 is 34.4 Å². The van der Waals surface area contributed by atoms with Gasteiger partial charge in [0.15, 0.2) is 0 Å². The topological polar surface area (TPSA) is 135 Å². The van der Waals surface area contributed by atoms with Crippen LogP contribution < -0.4 is 5.32 Å². The fourth-order valence-electron chi connectivity index (χ4n) is 6.96. The number of methoxy groups -OCH3 is 1. The van der Waals surface area contributed by atoms with Crippen molar-refractivity contribution in [3.63, 3.8) is 0 Å². The fraction of sp³-hybridized carbons (Fsp3) is 0.576. The number of nitrogens with zero attached hydrogens (tertiary/aromatic N) is 2. The Labute approximate surface area is 258 Å². The van der Waals surface area contributed by atoms with Gasteiger partial charge >= 0.3 is 5.97 Å². The number of carbonyl (C=O) groups is 4. The summed E-state index contributed by atoms with van der Waals surface area (Å²) in [6, 6.07) is 6.64. The van der Waals surface area contributed by atoms with E-state index in [1.807, 2.05) is 49.4 Å². The number of aliphatic hydroxyl groups excluding tert-OH is 1. The third-order valence-electron chi connectivity index (χ3n) is 9.11. The van der Waals surface area contributed by atoms with E-state index in [1.54, 1.807) is 24.0 Å². The van der Waals surface area contributed by atoms with Crippen LogP contribution in [0, 0.1) is 11.8 Å². The van der Waals surface area contributed by atoms with E-state index in [2.05, 4.69) is 5.32 Å². The average Bonchev–Trinajstić information content (AvgIpc) is 3.67. The molecule has 1 aromatic carbocycles. The van der Waals surface area contributed by atoms with Gasteiger partial charge in [0.2, 0.25) is 17.7 Å². The van der Waals surface area contributed by atoms with Crippen molar-refractivity contribution in [1.82, 2.24) is 15.1 Å². The Balaban J connectivity index is 1.59. The Bertz CT molecular complexity index is 1280. The molecule has 8 atom stereocenters. The molecule has 0 saturated carbocycles. The van der Waals surface area contributed by atoms with Crippen molar-refractivity contribution in [2.24, 2.45) is 11.8 Å². The van der Waals surface area contributed by atoms with Crippen LogP contribution in [0.4, 0.5) is 0 Å². The Hall–Kier alpha value is -3.54. The van der Waals surface area contributed by atoms with Crippen molar-refractivity contribution in [2.45, 2.75) is 75.5 Å². The highest BCUT2D eigenvalue weighted by molar-refractivity contribution is 5.99. The van der Waals surface area contributed by atoms with Crippen LogP contribution in [0.3, 0.4) is 0 Å². The summed E-state index contributed by atoms with van der Waals surface area (Å²) in [5, 5.41) is 13.1. The molecule has 4 aliphatic rings. The summed E-state index contributed by atoms with van der Waals surface area (Å²) in [7, 11) is 1.51. The number of ether oxygens (including phenoxy) is 3. The summed E-state index contributed by atoms with van der Waals surface area (Å²) in [5.41, 5.74) is -0.723. The molecule has 11 nitrogen and oxygen atoms in total. The molecule has 1 aromatic rings. The molecule has 2 N–H and O–H groups in total. The van der Waals surface area contributed by atoms with Gasteiger partial charge in [-0.3, -0.25) is 19.2 Å². The Morgan fingerprint density at radius 3 is 2.61 bits per heavy atom. The minimum Gasteiger partial charge on any atom is -0.455 e. The SMILES string of the molecule is CCCCN1C/C=C\CCC(=O)N[C@H](COC)[C@@H](c2ccccc2)OC(=O)[C@@H]2[C@@H]3C=C[C@]4(O3)[C@H](C1=O)N([C@H](C)CO)C(=O)[C@@H]24. The second-order valence-corrected chi connectivity index (χ2v) is 12.0. The van der Waals surface area contributed by atoms with E-state index in [-0.39, 0.29) is 38.0 Å². The van der Waals surface area contributed by atoms with Crippen molar-refractivity contribution in [2.75, 3.05) is 33.4 Å². The molecule has 0 radical (unpaired) electrons. The number of hydrogen-bond donors (Lipinski definition) is 2. The lowest BCUT2D eigenvalue weighted by Crippen LogP contribution is -2.58. The van der Waals surface area contributed by atoms with Crippen molar-refractivity contribution in [3.05, 3.63) is 60.2 Å². The van der Waals surface area contributed by atoms with Gasteiger partial charge in [0.25, 0.3) is 0 Å². The Morgan fingerprint density at radius 1 is 1.14 bits per heavy atom. The standard InChI is InChI=1S/C33H43N3O8/c1-4-5-17-35-18-11-7-10-14-25(38)34-23(20-42-3)28(22-12-8-6-9-13-22)43-32(41)26-24-15-16-33(44-24)27(26)30(39)36(21(2)19-37)29(33)31(35)40/h6-9,11-13,15-16,21,23-24,26-29,37H,4-5,10,14,17-20H2,1-3H3,(H,34,38)/b11-7-/t21-,23-,24+,26-,27-,28-,29+,33-/m1/s1. The summed E-state index contributed by atoms with van der Waals surface area (Å²) >= 11 is 0. The zero-order valence-corrected chi connectivity index (χ0v) is 25.6. The molecule has 238 valence electrons. The maximum Gasteiger partial charge on any atom is 0.313 e. The summed E-state index contributed by atoms with van der Waals surface area (Å²) < 4.78 is 18.1. The Kier molecular flexibility index (Phi) is 9.87. The normalized spacial score (nSPS) is 33.7. The van der Waals surface area contributed by atoms with Crippen LogP contribution in [0.2, 0.25) is 0 Å². The second-order valence-electron chi connectivity index (χ2n) is 12.0. The van der Waals surface area contributed by atoms with E-state index >= 15 is 0 Å². The van der Waals surface area contributed by atoms with E-state index in [4.69, 9.17) is 14.2 Å².